The molecule has 0 spiro atoms. The lowest BCUT2D eigenvalue weighted by Crippen LogP contribution is -2.43. The van der Waals surface area contributed by atoms with Crippen molar-refractivity contribution in [2.24, 2.45) is 5.73 Å². The van der Waals surface area contributed by atoms with Gasteiger partial charge in [-0.15, -0.1) is 0 Å². The van der Waals surface area contributed by atoms with Gasteiger partial charge in [-0.1, -0.05) is 0 Å². The van der Waals surface area contributed by atoms with E-state index in [2.05, 4.69) is 0 Å². The molecule has 0 unspecified atom stereocenters. The van der Waals surface area contributed by atoms with E-state index >= 15 is 0 Å². The molecule has 1 saturated heterocycles. The van der Waals surface area contributed by atoms with Gasteiger partial charge in [-0.3, -0.25) is 4.79 Å². The van der Waals surface area contributed by atoms with E-state index in [1.165, 1.54) is 0 Å². The van der Waals surface area contributed by atoms with Crippen LogP contribution >= 0.6 is 0 Å². The molecule has 0 aromatic carbocycles. The first-order chi connectivity index (χ1) is 7.42. The van der Waals surface area contributed by atoms with E-state index in [4.69, 9.17) is 10.5 Å². The van der Waals surface area contributed by atoms with Crippen LogP contribution in [0.5, 0.6) is 0 Å². The number of carbonyl (C=O) groups excluding carboxylic acids is 1. The van der Waals surface area contributed by atoms with Crippen molar-refractivity contribution in [3.63, 3.8) is 0 Å². The van der Waals surface area contributed by atoms with E-state index in [0.29, 0.717) is 13.0 Å². The van der Waals surface area contributed by atoms with Crippen LogP contribution in [0.3, 0.4) is 0 Å². The summed E-state index contributed by atoms with van der Waals surface area (Å²) in [7, 11) is 0. The molecule has 16 heavy (non-hydrogen) atoms. The van der Waals surface area contributed by atoms with E-state index in [1.807, 2.05) is 25.7 Å². The molecule has 1 fully saturated rings. The third kappa shape index (κ3) is 4.49. The Kier molecular flexibility index (Phi) is 4.74. The molecule has 0 aromatic heterocycles. The molecular formula is C12H24N2O2. The smallest absolute Gasteiger partial charge is 0.224 e. The summed E-state index contributed by atoms with van der Waals surface area (Å²) in [5.41, 5.74) is 5.43. The van der Waals surface area contributed by atoms with Crippen molar-refractivity contribution in [2.75, 3.05) is 19.7 Å². The topological polar surface area (TPSA) is 55.6 Å². The molecule has 2 N–H and O–H groups in total. The molecule has 1 heterocycles. The van der Waals surface area contributed by atoms with Gasteiger partial charge in [-0.05, 0) is 33.6 Å². The first-order valence-electron chi connectivity index (χ1n) is 6.10. The number of carbonyl (C=O) groups is 1. The highest BCUT2D eigenvalue weighted by molar-refractivity contribution is 5.77. The van der Waals surface area contributed by atoms with Crippen LogP contribution in [-0.2, 0) is 9.53 Å². The van der Waals surface area contributed by atoms with Gasteiger partial charge < -0.3 is 15.4 Å². The number of nitrogens with zero attached hydrogens (tertiary/aromatic N) is 1. The molecule has 0 saturated carbocycles. The van der Waals surface area contributed by atoms with Crippen LogP contribution in [-0.4, -0.2) is 42.1 Å². The third-order valence-electron chi connectivity index (χ3n) is 2.79. The van der Waals surface area contributed by atoms with E-state index in [1.54, 1.807) is 0 Å². The minimum Gasteiger partial charge on any atom is -0.376 e. The van der Waals surface area contributed by atoms with Crippen LogP contribution in [0, 0.1) is 0 Å². The van der Waals surface area contributed by atoms with Gasteiger partial charge in [0, 0.05) is 31.7 Å². The van der Waals surface area contributed by atoms with Gasteiger partial charge in [-0.25, -0.2) is 0 Å². The van der Waals surface area contributed by atoms with Crippen molar-refractivity contribution in [1.82, 2.24) is 4.90 Å². The van der Waals surface area contributed by atoms with Gasteiger partial charge >= 0.3 is 0 Å². The molecule has 0 aliphatic carbocycles. The second-order valence-corrected chi connectivity index (χ2v) is 5.23. The molecule has 1 amide bonds. The van der Waals surface area contributed by atoms with Crippen LogP contribution in [0.25, 0.3) is 0 Å². The summed E-state index contributed by atoms with van der Waals surface area (Å²) in [6.45, 7) is 8.03. The lowest BCUT2D eigenvalue weighted by molar-refractivity contribution is -0.133. The van der Waals surface area contributed by atoms with E-state index in [9.17, 15) is 4.79 Å². The zero-order valence-corrected chi connectivity index (χ0v) is 10.7. The van der Waals surface area contributed by atoms with Crippen molar-refractivity contribution < 1.29 is 9.53 Å². The minimum absolute atomic E-state index is 0.130. The van der Waals surface area contributed by atoms with Crippen LogP contribution in [0.1, 0.15) is 40.0 Å². The SMILES string of the molecule is CCN(C[C@@H]1CCCO1)C(=O)CC(C)(C)N. The normalized spacial score (nSPS) is 21.1. The van der Waals surface area contributed by atoms with Crippen molar-refractivity contribution in [3.05, 3.63) is 0 Å². The Hall–Kier alpha value is -0.610. The standard InChI is InChI=1S/C12H24N2O2/c1-4-14(9-10-6-5-7-16-10)11(15)8-12(2,3)13/h10H,4-9,13H2,1-3H3/t10-/m0/s1. The Balaban J connectivity index is 2.43. The number of rotatable bonds is 5. The fourth-order valence-electron chi connectivity index (χ4n) is 1.94. The Morgan fingerprint density at radius 1 is 1.56 bits per heavy atom. The Bertz CT molecular complexity index is 230. The Morgan fingerprint density at radius 2 is 2.25 bits per heavy atom. The molecule has 0 aromatic rings. The molecule has 94 valence electrons. The van der Waals surface area contributed by atoms with Crippen LogP contribution in [0.2, 0.25) is 0 Å². The maximum Gasteiger partial charge on any atom is 0.224 e. The maximum atomic E-state index is 12.0. The predicted octanol–water partition coefficient (Wildman–Crippen LogP) is 1.14. The van der Waals surface area contributed by atoms with Gasteiger partial charge in [-0.2, -0.15) is 0 Å². The quantitative estimate of drug-likeness (QED) is 0.767. The number of nitrogens with two attached hydrogens (primary N) is 1. The first-order valence-corrected chi connectivity index (χ1v) is 6.10. The van der Waals surface area contributed by atoms with Gasteiger partial charge in [0.2, 0.25) is 5.91 Å². The molecule has 1 aliphatic rings. The number of hydrogen-bond acceptors (Lipinski definition) is 3. The van der Waals surface area contributed by atoms with Crippen LogP contribution < -0.4 is 5.73 Å². The van der Waals surface area contributed by atoms with Crippen molar-refractivity contribution in [1.29, 1.82) is 0 Å². The van der Waals surface area contributed by atoms with Gasteiger partial charge in [0.25, 0.3) is 0 Å². The Labute approximate surface area is 98.1 Å². The fraction of sp³-hybridized carbons (Fsp3) is 0.917. The molecule has 0 bridgehead atoms. The molecule has 1 atom stereocenters. The van der Waals surface area contributed by atoms with Crippen LogP contribution in [0.15, 0.2) is 0 Å². The van der Waals surface area contributed by atoms with E-state index in [0.717, 1.165) is 26.0 Å². The highest BCUT2D eigenvalue weighted by Gasteiger charge is 2.24. The summed E-state index contributed by atoms with van der Waals surface area (Å²) in [6, 6.07) is 0. The third-order valence-corrected chi connectivity index (χ3v) is 2.79. The second kappa shape index (κ2) is 5.64. The first kappa shape index (κ1) is 13.5. The van der Waals surface area contributed by atoms with Crippen LogP contribution in [0.4, 0.5) is 0 Å². The summed E-state index contributed by atoms with van der Waals surface area (Å²) in [5.74, 6) is 0.130. The Morgan fingerprint density at radius 3 is 2.69 bits per heavy atom. The van der Waals surface area contributed by atoms with Crippen molar-refractivity contribution in [2.45, 2.75) is 51.7 Å². The monoisotopic (exact) mass is 228 g/mol. The van der Waals surface area contributed by atoms with Gasteiger partial charge in [0.05, 0.1) is 6.10 Å². The zero-order valence-electron chi connectivity index (χ0n) is 10.7. The lowest BCUT2D eigenvalue weighted by atomic mass is 10.0. The summed E-state index contributed by atoms with van der Waals surface area (Å²) >= 11 is 0. The number of amides is 1. The predicted molar refractivity (Wildman–Crippen MR) is 64.1 cm³/mol. The van der Waals surface area contributed by atoms with Crippen molar-refractivity contribution >= 4 is 5.91 Å². The second-order valence-electron chi connectivity index (χ2n) is 5.23. The average molecular weight is 228 g/mol. The summed E-state index contributed by atoms with van der Waals surface area (Å²) in [5, 5.41) is 0. The molecular weight excluding hydrogens is 204 g/mol. The molecule has 1 aliphatic heterocycles. The van der Waals surface area contributed by atoms with Gasteiger partial charge in [0.1, 0.15) is 0 Å². The molecule has 0 radical (unpaired) electrons. The lowest BCUT2D eigenvalue weighted by Gasteiger charge is -2.27. The highest BCUT2D eigenvalue weighted by atomic mass is 16.5. The summed E-state index contributed by atoms with van der Waals surface area (Å²) in [4.78, 5) is 13.8. The summed E-state index contributed by atoms with van der Waals surface area (Å²) < 4.78 is 5.54. The van der Waals surface area contributed by atoms with E-state index in [-0.39, 0.29) is 12.0 Å². The number of likely N-dealkylation sites (N-methyl/N-ethyl adjacent to an activating group) is 1. The van der Waals surface area contributed by atoms with Crippen molar-refractivity contribution in [3.8, 4) is 0 Å². The largest absolute Gasteiger partial charge is 0.376 e. The number of ether oxygens (including phenoxy) is 1. The maximum absolute atomic E-state index is 12.0. The summed E-state index contributed by atoms with van der Waals surface area (Å²) in [6.07, 6.45) is 2.80. The zero-order chi connectivity index (χ0) is 12.2. The minimum atomic E-state index is -0.430. The van der Waals surface area contributed by atoms with E-state index < -0.39 is 5.54 Å². The average Bonchev–Trinajstić information content (AvgIpc) is 2.63. The molecule has 4 nitrogen and oxygen atoms in total. The highest BCUT2D eigenvalue weighted by Crippen LogP contribution is 2.15. The van der Waals surface area contributed by atoms with Gasteiger partial charge in [0.15, 0.2) is 0 Å². The fourth-order valence-corrected chi connectivity index (χ4v) is 1.94. The molecule has 4 heteroatoms. The molecule has 1 rings (SSSR count). The number of hydrogen-bond donors (Lipinski definition) is 1.